The van der Waals surface area contributed by atoms with Gasteiger partial charge < -0.3 is 23.8 Å². The Morgan fingerprint density at radius 3 is 2.76 bits per heavy atom. The van der Waals surface area contributed by atoms with Crippen molar-refractivity contribution in [1.82, 2.24) is 4.90 Å². The summed E-state index contributed by atoms with van der Waals surface area (Å²) >= 11 is 6.18. The van der Waals surface area contributed by atoms with Crippen molar-refractivity contribution in [2.75, 3.05) is 26.8 Å². The molecule has 180 valence electrons. The summed E-state index contributed by atoms with van der Waals surface area (Å²) in [5.41, 5.74) is 2.97. The van der Waals surface area contributed by atoms with E-state index < -0.39 is 6.10 Å². The van der Waals surface area contributed by atoms with Crippen molar-refractivity contribution >= 4 is 17.3 Å². The van der Waals surface area contributed by atoms with E-state index in [0.29, 0.717) is 37.7 Å². The van der Waals surface area contributed by atoms with Crippen LogP contribution >= 0.6 is 11.6 Å². The fourth-order valence-corrected chi connectivity index (χ4v) is 4.12. The molecule has 0 radical (unpaired) electrons. The van der Waals surface area contributed by atoms with Crippen LogP contribution in [0.1, 0.15) is 23.3 Å². The molecule has 34 heavy (non-hydrogen) atoms. The maximum atomic E-state index is 10.6. The van der Waals surface area contributed by atoms with Crippen molar-refractivity contribution in [2.45, 2.75) is 31.8 Å². The van der Waals surface area contributed by atoms with Crippen molar-refractivity contribution in [3.05, 3.63) is 88.8 Å². The van der Waals surface area contributed by atoms with Gasteiger partial charge in [0.1, 0.15) is 24.2 Å². The first kappa shape index (κ1) is 24.3. The number of hydrogen-bond acceptors (Lipinski definition) is 7. The third kappa shape index (κ3) is 7.08. The Kier molecular flexibility index (Phi) is 8.60. The summed E-state index contributed by atoms with van der Waals surface area (Å²) in [6.45, 7) is 2.16. The number of rotatable bonds is 12. The minimum atomic E-state index is -0.669. The van der Waals surface area contributed by atoms with Crippen LogP contribution in [0, 0.1) is 0 Å². The zero-order valence-electron chi connectivity index (χ0n) is 19.1. The van der Waals surface area contributed by atoms with Crippen LogP contribution in [0.3, 0.4) is 0 Å². The van der Waals surface area contributed by atoms with Crippen LogP contribution in [-0.4, -0.2) is 54.7 Å². The van der Waals surface area contributed by atoms with Gasteiger partial charge >= 0.3 is 0 Å². The fraction of sp³-hybridized carbons (Fsp3) is 0.346. The van der Waals surface area contributed by atoms with Gasteiger partial charge in [-0.1, -0.05) is 28.9 Å². The lowest BCUT2D eigenvalue weighted by molar-refractivity contribution is -0.00955. The topological polar surface area (TPSA) is 76.7 Å². The number of ether oxygens (including phenoxy) is 2. The quantitative estimate of drug-likeness (QED) is 0.407. The molecule has 0 saturated heterocycles. The highest BCUT2D eigenvalue weighted by molar-refractivity contribution is 6.30. The van der Waals surface area contributed by atoms with E-state index in [1.54, 1.807) is 13.4 Å². The predicted octanol–water partition coefficient (Wildman–Crippen LogP) is 4.51. The number of oxime groups is 1. The number of furan rings is 1. The Balaban J connectivity index is 1.34. The summed E-state index contributed by atoms with van der Waals surface area (Å²) in [6.07, 6.45) is 1.50. The van der Waals surface area contributed by atoms with E-state index in [0.717, 1.165) is 28.3 Å². The van der Waals surface area contributed by atoms with Crippen molar-refractivity contribution in [3.8, 4) is 5.75 Å². The number of halogens is 1. The van der Waals surface area contributed by atoms with Gasteiger partial charge in [0.25, 0.3) is 0 Å². The number of aliphatic hydroxyl groups excluding tert-OH is 1. The molecule has 7 nitrogen and oxygen atoms in total. The van der Waals surface area contributed by atoms with Crippen molar-refractivity contribution in [3.63, 3.8) is 0 Å². The molecule has 0 saturated carbocycles. The fourth-order valence-electron chi connectivity index (χ4n) is 3.91. The van der Waals surface area contributed by atoms with Crippen LogP contribution in [0.2, 0.25) is 5.02 Å². The average molecular weight is 485 g/mol. The van der Waals surface area contributed by atoms with Crippen molar-refractivity contribution in [2.24, 2.45) is 5.16 Å². The highest BCUT2D eigenvalue weighted by Crippen LogP contribution is 2.21. The average Bonchev–Trinajstić information content (AvgIpc) is 3.51. The molecule has 1 aliphatic heterocycles. The summed E-state index contributed by atoms with van der Waals surface area (Å²) in [7, 11) is 1.65. The van der Waals surface area contributed by atoms with E-state index in [-0.39, 0.29) is 12.7 Å². The minimum absolute atomic E-state index is 0.118. The standard InChI is InChI=1S/C26H29ClN2O5/c1-31-23-9-7-20(8-10-23)26-13-25(34-28-26)16-29(14-19-4-2-5-21(27)12-19)15-22(30)17-32-18-24-6-3-11-33-24/h2-12,22,25,30H,13-18H2,1H3/t22-,25-/m1/s1. The Bertz CT molecular complexity index is 1060. The molecular weight excluding hydrogens is 456 g/mol. The van der Waals surface area contributed by atoms with Crippen LogP contribution < -0.4 is 4.74 Å². The molecule has 0 spiro atoms. The molecule has 1 aliphatic rings. The van der Waals surface area contributed by atoms with Crippen LogP contribution in [0.15, 0.2) is 76.5 Å². The lowest BCUT2D eigenvalue weighted by Gasteiger charge is -2.27. The predicted molar refractivity (Wildman–Crippen MR) is 130 cm³/mol. The van der Waals surface area contributed by atoms with E-state index in [2.05, 4.69) is 10.1 Å². The van der Waals surface area contributed by atoms with Gasteiger partial charge in [0.2, 0.25) is 0 Å². The van der Waals surface area contributed by atoms with Crippen LogP contribution in [-0.2, 0) is 22.7 Å². The maximum absolute atomic E-state index is 10.6. The lowest BCUT2D eigenvalue weighted by Crippen LogP contribution is -2.39. The molecule has 8 heteroatoms. The second-order valence-electron chi connectivity index (χ2n) is 8.27. The Labute approximate surface area is 204 Å². The van der Waals surface area contributed by atoms with E-state index in [1.165, 1.54) is 0 Å². The molecule has 2 aromatic carbocycles. The summed E-state index contributed by atoms with van der Waals surface area (Å²) in [5, 5.41) is 15.6. The van der Waals surface area contributed by atoms with Gasteiger partial charge in [-0.05, 0) is 59.7 Å². The van der Waals surface area contributed by atoms with Gasteiger partial charge in [0.05, 0.1) is 31.8 Å². The van der Waals surface area contributed by atoms with Gasteiger partial charge in [-0.25, -0.2) is 0 Å². The second kappa shape index (κ2) is 12.0. The summed E-state index contributed by atoms with van der Waals surface area (Å²) in [5.74, 6) is 1.53. The van der Waals surface area contributed by atoms with Crippen molar-refractivity contribution in [1.29, 1.82) is 0 Å². The molecule has 4 rings (SSSR count). The molecule has 1 aromatic heterocycles. The first-order valence-electron chi connectivity index (χ1n) is 11.2. The molecule has 1 N–H and O–H groups in total. The molecule has 2 atom stereocenters. The van der Waals surface area contributed by atoms with E-state index >= 15 is 0 Å². The van der Waals surface area contributed by atoms with Crippen LogP contribution in [0.4, 0.5) is 0 Å². The molecular formula is C26H29ClN2O5. The first-order valence-corrected chi connectivity index (χ1v) is 11.6. The third-order valence-electron chi connectivity index (χ3n) is 5.52. The maximum Gasteiger partial charge on any atom is 0.145 e. The van der Waals surface area contributed by atoms with Gasteiger partial charge in [0, 0.05) is 31.1 Å². The zero-order chi connectivity index (χ0) is 23.8. The SMILES string of the molecule is COc1ccc(C2=NO[C@@H](CN(Cc3cccc(Cl)c3)C[C@@H](O)COCc3ccco3)C2)cc1. The van der Waals surface area contributed by atoms with Crippen molar-refractivity contribution < 1.29 is 23.8 Å². The van der Waals surface area contributed by atoms with Crippen LogP contribution in [0.25, 0.3) is 0 Å². The van der Waals surface area contributed by atoms with Crippen LogP contribution in [0.5, 0.6) is 5.75 Å². The largest absolute Gasteiger partial charge is 0.497 e. The smallest absolute Gasteiger partial charge is 0.145 e. The van der Waals surface area contributed by atoms with Gasteiger partial charge in [0.15, 0.2) is 0 Å². The molecule has 0 unspecified atom stereocenters. The number of hydrogen-bond donors (Lipinski definition) is 1. The molecule has 3 aromatic rings. The Morgan fingerprint density at radius 1 is 1.18 bits per heavy atom. The zero-order valence-corrected chi connectivity index (χ0v) is 19.9. The summed E-state index contributed by atoms with van der Waals surface area (Å²) < 4.78 is 16.1. The highest BCUT2D eigenvalue weighted by Gasteiger charge is 2.26. The number of nitrogens with zero attached hydrogens (tertiary/aromatic N) is 2. The first-order chi connectivity index (χ1) is 16.6. The Hall–Kier alpha value is -2.84. The number of aliphatic hydroxyl groups is 1. The summed E-state index contributed by atoms with van der Waals surface area (Å²) in [4.78, 5) is 7.89. The Morgan fingerprint density at radius 2 is 2.03 bits per heavy atom. The molecule has 0 bridgehead atoms. The number of benzene rings is 2. The van der Waals surface area contributed by atoms with Gasteiger partial charge in [-0.15, -0.1) is 0 Å². The molecule has 0 amide bonds. The third-order valence-corrected chi connectivity index (χ3v) is 5.75. The normalized spacial score (nSPS) is 16.4. The van der Waals surface area contributed by atoms with E-state index in [9.17, 15) is 5.11 Å². The number of methoxy groups -OCH3 is 1. The van der Waals surface area contributed by atoms with Gasteiger partial charge in [-0.2, -0.15) is 0 Å². The van der Waals surface area contributed by atoms with E-state index in [1.807, 2.05) is 60.7 Å². The minimum Gasteiger partial charge on any atom is -0.497 e. The molecule has 2 heterocycles. The second-order valence-corrected chi connectivity index (χ2v) is 8.71. The molecule has 0 fully saturated rings. The molecule has 0 aliphatic carbocycles. The van der Waals surface area contributed by atoms with Gasteiger partial charge in [-0.3, -0.25) is 4.90 Å². The monoisotopic (exact) mass is 484 g/mol. The highest BCUT2D eigenvalue weighted by atomic mass is 35.5. The van der Waals surface area contributed by atoms with E-state index in [4.69, 9.17) is 30.3 Å². The summed E-state index contributed by atoms with van der Waals surface area (Å²) in [6, 6.07) is 19.2. The lowest BCUT2D eigenvalue weighted by atomic mass is 10.0.